The molecule has 0 spiro atoms. The number of carbonyl (C=O) groups excluding carboxylic acids is 2. The zero-order chi connectivity index (χ0) is 15.4. The summed E-state index contributed by atoms with van der Waals surface area (Å²) in [7, 11) is 1.60. The van der Waals surface area contributed by atoms with Gasteiger partial charge in [0.2, 0.25) is 0 Å². The highest BCUT2D eigenvalue weighted by Crippen LogP contribution is 2.24. The first-order chi connectivity index (χ1) is 10.0. The van der Waals surface area contributed by atoms with E-state index in [2.05, 4.69) is 0 Å². The molecule has 110 valence electrons. The Hall–Kier alpha value is -2.40. The summed E-state index contributed by atoms with van der Waals surface area (Å²) in [5.41, 5.74) is 2.94. The largest absolute Gasteiger partial charge is 0.496 e. The van der Waals surface area contributed by atoms with Crippen LogP contribution in [0.1, 0.15) is 16.7 Å². The average Bonchev–Trinajstić information content (AvgIpc) is 2.48. The molecule has 0 aliphatic carbocycles. The molecule has 21 heavy (non-hydrogen) atoms. The summed E-state index contributed by atoms with van der Waals surface area (Å²) in [5, 5.41) is 0.745. The van der Waals surface area contributed by atoms with E-state index in [4.69, 9.17) is 9.57 Å². The van der Waals surface area contributed by atoms with Gasteiger partial charge >= 0.3 is 0 Å². The topological polar surface area (TPSA) is 55.8 Å². The standard InChI is InChI=1S/C16H17NO4/c1-11-9-13(10-14(20-3)12(11)2)6-7-16(19)17-15(18)5-4-8-21-17/h4-7,9-10H,8H2,1-3H3/b7-6+. The lowest BCUT2D eigenvalue weighted by molar-refractivity contribution is -0.186. The van der Waals surface area contributed by atoms with E-state index in [0.717, 1.165) is 27.5 Å². The highest BCUT2D eigenvalue weighted by molar-refractivity contribution is 6.05. The van der Waals surface area contributed by atoms with Crippen molar-refractivity contribution in [2.45, 2.75) is 13.8 Å². The normalized spacial score (nSPS) is 14.8. The van der Waals surface area contributed by atoms with Crippen LogP contribution in [0, 0.1) is 13.8 Å². The highest BCUT2D eigenvalue weighted by atomic mass is 16.7. The van der Waals surface area contributed by atoms with Gasteiger partial charge in [0.05, 0.1) is 13.7 Å². The second-order valence-electron chi connectivity index (χ2n) is 4.67. The van der Waals surface area contributed by atoms with E-state index in [-0.39, 0.29) is 6.61 Å². The number of hydrogen-bond donors (Lipinski definition) is 0. The van der Waals surface area contributed by atoms with E-state index in [1.165, 1.54) is 12.2 Å². The Balaban J connectivity index is 2.17. The number of benzene rings is 1. The first-order valence-corrected chi connectivity index (χ1v) is 6.53. The number of aryl methyl sites for hydroxylation is 1. The summed E-state index contributed by atoms with van der Waals surface area (Å²) in [4.78, 5) is 28.4. The predicted molar refractivity (Wildman–Crippen MR) is 78.4 cm³/mol. The molecule has 0 atom stereocenters. The number of rotatable bonds is 3. The number of hydroxylamine groups is 2. The second-order valence-corrected chi connectivity index (χ2v) is 4.67. The third-order valence-electron chi connectivity index (χ3n) is 3.24. The van der Waals surface area contributed by atoms with Crippen molar-refractivity contribution in [2.24, 2.45) is 0 Å². The highest BCUT2D eigenvalue weighted by Gasteiger charge is 2.20. The van der Waals surface area contributed by atoms with Crippen molar-refractivity contribution in [1.29, 1.82) is 0 Å². The molecule has 1 aromatic rings. The predicted octanol–water partition coefficient (Wildman–Crippen LogP) is 2.18. The molecule has 5 nitrogen and oxygen atoms in total. The van der Waals surface area contributed by atoms with Crippen LogP contribution >= 0.6 is 0 Å². The molecule has 0 unspecified atom stereocenters. The Morgan fingerprint density at radius 3 is 2.81 bits per heavy atom. The zero-order valence-corrected chi connectivity index (χ0v) is 12.3. The molecular formula is C16H17NO4. The summed E-state index contributed by atoms with van der Waals surface area (Å²) < 4.78 is 5.29. The van der Waals surface area contributed by atoms with Gasteiger partial charge in [-0.1, -0.05) is 12.1 Å². The third kappa shape index (κ3) is 3.38. The number of imide groups is 1. The molecule has 5 heteroatoms. The van der Waals surface area contributed by atoms with Crippen LogP contribution < -0.4 is 4.74 Å². The van der Waals surface area contributed by atoms with Gasteiger partial charge in [0.1, 0.15) is 5.75 Å². The Morgan fingerprint density at radius 2 is 2.14 bits per heavy atom. The van der Waals surface area contributed by atoms with Crippen LogP contribution in [0.25, 0.3) is 6.08 Å². The monoisotopic (exact) mass is 287 g/mol. The lowest BCUT2D eigenvalue weighted by Gasteiger charge is -2.18. The summed E-state index contributed by atoms with van der Waals surface area (Å²) in [6.07, 6.45) is 5.81. The number of carbonyl (C=O) groups is 2. The van der Waals surface area contributed by atoms with Crippen LogP contribution in [0.4, 0.5) is 0 Å². The Morgan fingerprint density at radius 1 is 1.38 bits per heavy atom. The van der Waals surface area contributed by atoms with Crippen molar-refractivity contribution in [3.05, 3.63) is 47.1 Å². The Labute approximate surface area is 123 Å². The molecule has 0 fully saturated rings. The number of hydrogen-bond acceptors (Lipinski definition) is 4. The van der Waals surface area contributed by atoms with Crippen molar-refractivity contribution >= 4 is 17.9 Å². The molecular weight excluding hydrogens is 270 g/mol. The summed E-state index contributed by atoms with van der Waals surface area (Å²) in [6, 6.07) is 3.78. The number of ether oxygens (including phenoxy) is 1. The van der Waals surface area contributed by atoms with Crippen LogP contribution in [-0.2, 0) is 14.4 Å². The fourth-order valence-corrected chi connectivity index (χ4v) is 1.97. The maximum atomic E-state index is 11.9. The minimum atomic E-state index is -0.512. The minimum absolute atomic E-state index is 0.211. The molecule has 1 aliphatic heterocycles. The van der Waals surface area contributed by atoms with E-state index >= 15 is 0 Å². The van der Waals surface area contributed by atoms with E-state index < -0.39 is 11.8 Å². The van der Waals surface area contributed by atoms with E-state index in [0.29, 0.717) is 0 Å². The molecule has 1 aromatic carbocycles. The van der Waals surface area contributed by atoms with Crippen molar-refractivity contribution in [3.8, 4) is 5.75 Å². The molecule has 0 bridgehead atoms. The molecule has 0 radical (unpaired) electrons. The van der Waals surface area contributed by atoms with Crippen molar-refractivity contribution in [3.63, 3.8) is 0 Å². The van der Waals surface area contributed by atoms with Gasteiger partial charge in [-0.3, -0.25) is 14.4 Å². The first kappa shape index (κ1) is 15.0. The van der Waals surface area contributed by atoms with Crippen LogP contribution in [0.2, 0.25) is 0 Å². The smallest absolute Gasteiger partial charge is 0.277 e. The van der Waals surface area contributed by atoms with Gasteiger partial charge in [0.25, 0.3) is 11.8 Å². The second kappa shape index (κ2) is 6.37. The summed E-state index contributed by atoms with van der Waals surface area (Å²) >= 11 is 0. The minimum Gasteiger partial charge on any atom is -0.496 e. The Bertz CT molecular complexity index is 631. The fourth-order valence-electron chi connectivity index (χ4n) is 1.97. The third-order valence-corrected chi connectivity index (χ3v) is 3.24. The summed E-state index contributed by atoms with van der Waals surface area (Å²) in [5.74, 6) is -0.231. The maximum Gasteiger partial charge on any atom is 0.277 e. The van der Waals surface area contributed by atoms with Gasteiger partial charge in [0, 0.05) is 12.2 Å². The van der Waals surface area contributed by atoms with Crippen LogP contribution in [0.3, 0.4) is 0 Å². The van der Waals surface area contributed by atoms with E-state index in [9.17, 15) is 9.59 Å². The fraction of sp³-hybridized carbons (Fsp3) is 0.250. The van der Waals surface area contributed by atoms with Gasteiger partial charge in [-0.25, -0.2) is 0 Å². The number of nitrogens with zero attached hydrogens (tertiary/aromatic N) is 1. The molecule has 1 aliphatic rings. The molecule has 2 rings (SSSR count). The maximum absolute atomic E-state index is 11.9. The Kier molecular flexibility index (Phi) is 4.55. The van der Waals surface area contributed by atoms with E-state index in [1.54, 1.807) is 19.3 Å². The molecule has 1 heterocycles. The van der Waals surface area contributed by atoms with Crippen LogP contribution in [0.5, 0.6) is 5.75 Å². The average molecular weight is 287 g/mol. The molecule has 0 saturated heterocycles. The lowest BCUT2D eigenvalue weighted by Crippen LogP contribution is -2.36. The van der Waals surface area contributed by atoms with Crippen LogP contribution in [-0.4, -0.2) is 30.6 Å². The number of amides is 2. The number of methoxy groups -OCH3 is 1. The van der Waals surface area contributed by atoms with Gasteiger partial charge in [-0.15, -0.1) is 5.06 Å². The van der Waals surface area contributed by atoms with Gasteiger partial charge in [-0.05, 0) is 42.7 Å². The van der Waals surface area contributed by atoms with Gasteiger partial charge in [-0.2, -0.15) is 0 Å². The quantitative estimate of drug-likeness (QED) is 0.800. The zero-order valence-electron chi connectivity index (χ0n) is 12.3. The van der Waals surface area contributed by atoms with Crippen molar-refractivity contribution in [1.82, 2.24) is 5.06 Å². The molecule has 2 amide bonds. The van der Waals surface area contributed by atoms with Crippen LogP contribution in [0.15, 0.2) is 30.4 Å². The molecule has 0 aromatic heterocycles. The van der Waals surface area contributed by atoms with Gasteiger partial charge < -0.3 is 4.74 Å². The van der Waals surface area contributed by atoms with Gasteiger partial charge in [0.15, 0.2) is 0 Å². The van der Waals surface area contributed by atoms with Crippen molar-refractivity contribution < 1.29 is 19.2 Å². The SMILES string of the molecule is COc1cc(/C=C/C(=O)N2OCC=CC2=O)cc(C)c1C. The molecule has 0 N–H and O–H groups in total. The molecule has 0 saturated carbocycles. The summed E-state index contributed by atoms with van der Waals surface area (Å²) in [6.45, 7) is 4.15. The van der Waals surface area contributed by atoms with Crippen molar-refractivity contribution in [2.75, 3.05) is 13.7 Å². The first-order valence-electron chi connectivity index (χ1n) is 6.53. The lowest BCUT2D eigenvalue weighted by atomic mass is 10.0. The van der Waals surface area contributed by atoms with E-state index in [1.807, 2.05) is 26.0 Å².